The van der Waals surface area contributed by atoms with Gasteiger partial charge in [-0.2, -0.15) is 0 Å². The van der Waals surface area contributed by atoms with Crippen molar-refractivity contribution in [2.45, 2.75) is 38.8 Å². The van der Waals surface area contributed by atoms with Crippen molar-refractivity contribution in [2.75, 3.05) is 0 Å². The summed E-state index contributed by atoms with van der Waals surface area (Å²) < 4.78 is 0. The monoisotopic (exact) mass is 287 g/mol. The summed E-state index contributed by atoms with van der Waals surface area (Å²) in [5, 5.41) is 12.2. The van der Waals surface area contributed by atoms with Crippen molar-refractivity contribution in [3.05, 3.63) is 42.2 Å². The van der Waals surface area contributed by atoms with E-state index in [1.54, 1.807) is 6.20 Å². The van der Waals surface area contributed by atoms with Gasteiger partial charge in [0.15, 0.2) is 0 Å². The maximum atomic E-state index is 11.2. The molecule has 2 aromatic rings. The second-order valence-electron chi connectivity index (χ2n) is 5.04. The summed E-state index contributed by atoms with van der Waals surface area (Å²) in [5.74, 6) is -0.000851. The Labute approximate surface area is 124 Å². The van der Waals surface area contributed by atoms with Crippen molar-refractivity contribution in [3.63, 3.8) is 0 Å². The number of unbranched alkanes of at least 4 members (excludes halogenated alkanes) is 1. The van der Waals surface area contributed by atoms with Crippen molar-refractivity contribution in [1.29, 1.82) is 0 Å². The summed E-state index contributed by atoms with van der Waals surface area (Å²) in [6.07, 6.45) is 4.29. The quantitative estimate of drug-likeness (QED) is 0.697. The number of H-pyrrole nitrogens is 1. The van der Waals surface area contributed by atoms with Crippen LogP contribution >= 0.6 is 0 Å². The van der Waals surface area contributed by atoms with E-state index in [4.69, 9.17) is 0 Å². The summed E-state index contributed by atoms with van der Waals surface area (Å²) in [7, 11) is 0. The molecule has 0 spiro atoms. The Kier molecular flexibility index (Phi) is 5.51. The molecular formula is C16H21N3O2. The average Bonchev–Trinajstić information content (AvgIpc) is 2.97. The summed E-state index contributed by atoms with van der Waals surface area (Å²) in [6.45, 7) is 2.53. The number of nitrogens with one attached hydrogen (secondary N) is 2. The van der Waals surface area contributed by atoms with E-state index >= 15 is 0 Å². The summed E-state index contributed by atoms with van der Waals surface area (Å²) >= 11 is 0. The molecule has 0 aliphatic carbocycles. The zero-order valence-electron chi connectivity index (χ0n) is 12.2. The topological polar surface area (TPSA) is 78.0 Å². The van der Waals surface area contributed by atoms with E-state index in [0.717, 1.165) is 29.9 Å². The highest BCUT2D eigenvalue weighted by molar-refractivity contribution is 5.73. The van der Waals surface area contributed by atoms with Crippen LogP contribution in [0.4, 0.5) is 0 Å². The van der Waals surface area contributed by atoms with Crippen LogP contribution in [0.25, 0.3) is 11.4 Å². The minimum Gasteiger partial charge on any atom is -0.480 e. The van der Waals surface area contributed by atoms with E-state index in [0.29, 0.717) is 13.0 Å². The van der Waals surface area contributed by atoms with Gasteiger partial charge in [0.1, 0.15) is 11.9 Å². The van der Waals surface area contributed by atoms with Gasteiger partial charge in [-0.05, 0) is 6.42 Å². The van der Waals surface area contributed by atoms with E-state index in [2.05, 4.69) is 22.2 Å². The lowest BCUT2D eigenvalue weighted by Crippen LogP contribution is -2.36. The third-order valence-electron chi connectivity index (χ3n) is 3.36. The molecule has 3 N–H and O–H groups in total. The minimum absolute atomic E-state index is 0.473. The largest absolute Gasteiger partial charge is 0.480 e. The first kappa shape index (κ1) is 15.3. The number of carboxylic acid groups (broad SMARTS) is 1. The highest BCUT2D eigenvalue weighted by atomic mass is 16.4. The first-order chi connectivity index (χ1) is 10.2. The van der Waals surface area contributed by atoms with E-state index in [1.807, 2.05) is 30.3 Å². The molecule has 0 fully saturated rings. The number of aromatic nitrogens is 2. The summed E-state index contributed by atoms with van der Waals surface area (Å²) in [5.41, 5.74) is 1.90. The zero-order valence-corrected chi connectivity index (χ0v) is 12.2. The van der Waals surface area contributed by atoms with Gasteiger partial charge in [0, 0.05) is 24.0 Å². The maximum absolute atomic E-state index is 11.2. The fraction of sp³-hybridized carbons (Fsp3) is 0.375. The van der Waals surface area contributed by atoms with Gasteiger partial charge in [-0.25, -0.2) is 4.98 Å². The Hall–Kier alpha value is -2.14. The average molecular weight is 287 g/mol. The van der Waals surface area contributed by atoms with E-state index in [-0.39, 0.29) is 0 Å². The number of benzene rings is 1. The van der Waals surface area contributed by atoms with Crippen LogP contribution in [0.1, 0.15) is 31.9 Å². The van der Waals surface area contributed by atoms with Crippen molar-refractivity contribution in [3.8, 4) is 11.4 Å². The first-order valence-corrected chi connectivity index (χ1v) is 7.26. The number of aromatic amines is 1. The third-order valence-corrected chi connectivity index (χ3v) is 3.36. The lowest BCUT2D eigenvalue weighted by Gasteiger charge is -2.12. The van der Waals surface area contributed by atoms with Crippen LogP contribution in [-0.4, -0.2) is 27.1 Å². The summed E-state index contributed by atoms with van der Waals surface area (Å²) in [6, 6.07) is 9.34. The van der Waals surface area contributed by atoms with Crippen molar-refractivity contribution >= 4 is 5.97 Å². The van der Waals surface area contributed by atoms with Gasteiger partial charge in [-0.3, -0.25) is 10.1 Å². The Morgan fingerprint density at radius 2 is 2.14 bits per heavy atom. The van der Waals surface area contributed by atoms with Crippen LogP contribution in [0.5, 0.6) is 0 Å². The first-order valence-electron chi connectivity index (χ1n) is 7.26. The van der Waals surface area contributed by atoms with Crippen LogP contribution in [0.2, 0.25) is 0 Å². The molecule has 21 heavy (non-hydrogen) atoms. The molecule has 1 aromatic heterocycles. The van der Waals surface area contributed by atoms with Crippen LogP contribution in [0.15, 0.2) is 36.5 Å². The number of hydrogen-bond acceptors (Lipinski definition) is 3. The van der Waals surface area contributed by atoms with Gasteiger partial charge in [-0.15, -0.1) is 0 Å². The molecule has 0 amide bonds. The fourth-order valence-corrected chi connectivity index (χ4v) is 2.15. The molecule has 0 aliphatic heterocycles. The molecule has 0 saturated heterocycles. The smallest absolute Gasteiger partial charge is 0.320 e. The number of imidazole rings is 1. The molecule has 1 atom stereocenters. The van der Waals surface area contributed by atoms with E-state index < -0.39 is 12.0 Å². The lowest BCUT2D eigenvalue weighted by atomic mass is 10.1. The van der Waals surface area contributed by atoms with Crippen LogP contribution in [0.3, 0.4) is 0 Å². The van der Waals surface area contributed by atoms with Gasteiger partial charge in [0.05, 0.1) is 0 Å². The fourth-order valence-electron chi connectivity index (χ4n) is 2.15. The highest BCUT2D eigenvalue weighted by Crippen LogP contribution is 2.14. The molecule has 0 unspecified atom stereocenters. The maximum Gasteiger partial charge on any atom is 0.320 e. The number of rotatable bonds is 8. The van der Waals surface area contributed by atoms with Crippen LogP contribution in [0, 0.1) is 0 Å². The second kappa shape index (κ2) is 7.59. The molecule has 2 rings (SSSR count). The molecule has 1 aromatic carbocycles. The van der Waals surface area contributed by atoms with Gasteiger partial charge >= 0.3 is 5.97 Å². The molecule has 0 aliphatic rings. The van der Waals surface area contributed by atoms with Crippen molar-refractivity contribution < 1.29 is 9.90 Å². The van der Waals surface area contributed by atoms with E-state index in [9.17, 15) is 9.90 Å². The standard InChI is InChI=1S/C16H21N3O2/c1-2-3-9-14(16(20)21)17-10-13-11-18-15(19-13)12-7-5-4-6-8-12/h4-8,11,14,17H,2-3,9-10H2,1H3,(H,18,19)(H,20,21)/t14-/m0/s1. The second-order valence-corrected chi connectivity index (χ2v) is 5.04. The number of nitrogens with zero attached hydrogens (tertiary/aromatic N) is 1. The molecule has 0 radical (unpaired) electrons. The van der Waals surface area contributed by atoms with E-state index in [1.165, 1.54) is 0 Å². The number of carboxylic acids is 1. The molecule has 5 nitrogen and oxygen atoms in total. The van der Waals surface area contributed by atoms with Gasteiger partial charge < -0.3 is 10.1 Å². The molecule has 112 valence electrons. The Morgan fingerprint density at radius 1 is 1.38 bits per heavy atom. The Bertz CT molecular complexity index is 566. The molecule has 0 bridgehead atoms. The molecular weight excluding hydrogens is 266 g/mol. The Morgan fingerprint density at radius 3 is 2.81 bits per heavy atom. The lowest BCUT2D eigenvalue weighted by molar-refractivity contribution is -0.139. The zero-order chi connectivity index (χ0) is 15.1. The van der Waals surface area contributed by atoms with Crippen LogP contribution in [-0.2, 0) is 11.3 Å². The summed E-state index contributed by atoms with van der Waals surface area (Å²) in [4.78, 5) is 18.7. The van der Waals surface area contributed by atoms with Gasteiger partial charge in [0.25, 0.3) is 0 Å². The predicted octanol–water partition coefficient (Wildman–Crippen LogP) is 2.81. The SMILES string of the molecule is CCCC[C@H](NCc1cnc(-c2ccccc2)[nH]1)C(=O)O. The Balaban J connectivity index is 1.94. The van der Waals surface area contributed by atoms with Crippen molar-refractivity contribution in [1.82, 2.24) is 15.3 Å². The highest BCUT2D eigenvalue weighted by Gasteiger charge is 2.16. The number of hydrogen-bond donors (Lipinski definition) is 3. The normalized spacial score (nSPS) is 12.2. The molecule has 5 heteroatoms. The van der Waals surface area contributed by atoms with Gasteiger partial charge in [0.2, 0.25) is 0 Å². The third kappa shape index (κ3) is 4.43. The number of carbonyl (C=O) groups is 1. The van der Waals surface area contributed by atoms with Gasteiger partial charge in [-0.1, -0.05) is 50.1 Å². The minimum atomic E-state index is -0.800. The number of aliphatic carboxylic acids is 1. The molecule has 1 heterocycles. The van der Waals surface area contributed by atoms with Crippen molar-refractivity contribution in [2.24, 2.45) is 0 Å². The molecule has 0 saturated carbocycles. The predicted molar refractivity (Wildman–Crippen MR) is 81.8 cm³/mol. The van der Waals surface area contributed by atoms with Crippen LogP contribution < -0.4 is 5.32 Å².